The van der Waals surface area contributed by atoms with Crippen molar-refractivity contribution in [1.82, 2.24) is 19.6 Å². The van der Waals surface area contributed by atoms with E-state index < -0.39 is 5.54 Å². The molecule has 1 heterocycles. The van der Waals surface area contributed by atoms with E-state index in [-0.39, 0.29) is 11.9 Å². The van der Waals surface area contributed by atoms with E-state index in [2.05, 4.69) is 56.2 Å². The van der Waals surface area contributed by atoms with E-state index >= 15 is 0 Å². The fourth-order valence-electron chi connectivity index (χ4n) is 7.36. The summed E-state index contributed by atoms with van der Waals surface area (Å²) in [6, 6.07) is -0.0149. The molecule has 47 heavy (non-hydrogen) atoms. The SMILES string of the molecule is CCCCCCCCC1(CCCCCCCC)C(=O)N(CN(CCCCC)CCCCC)C(=O)N1CN(CCCCC)CCCCC. The molecule has 0 aromatic rings. The minimum Gasteiger partial charge on any atom is -0.297 e. The molecule has 0 radical (unpaired) electrons. The number of hydrogen-bond donors (Lipinski definition) is 0. The zero-order valence-electron chi connectivity index (χ0n) is 32.7. The lowest BCUT2D eigenvalue weighted by Gasteiger charge is -2.39. The summed E-state index contributed by atoms with van der Waals surface area (Å²) in [6.07, 6.45) is 30.3. The van der Waals surface area contributed by atoms with Crippen LogP contribution < -0.4 is 0 Å². The van der Waals surface area contributed by atoms with Gasteiger partial charge < -0.3 is 0 Å². The molecule has 3 amide bonds. The Morgan fingerprint density at radius 3 is 1.13 bits per heavy atom. The summed E-state index contributed by atoms with van der Waals surface area (Å²) in [5, 5.41) is 0. The van der Waals surface area contributed by atoms with E-state index in [0.29, 0.717) is 13.3 Å². The van der Waals surface area contributed by atoms with Gasteiger partial charge in [-0.2, -0.15) is 0 Å². The first kappa shape index (κ1) is 43.9. The highest BCUT2D eigenvalue weighted by Crippen LogP contribution is 2.38. The Balaban J connectivity index is 3.41. The third kappa shape index (κ3) is 17.4. The van der Waals surface area contributed by atoms with Gasteiger partial charge in [0.05, 0.1) is 13.3 Å². The molecule has 0 bridgehead atoms. The Labute approximate surface area is 294 Å². The highest BCUT2D eigenvalue weighted by atomic mass is 16.2. The van der Waals surface area contributed by atoms with E-state index in [1.165, 1.54) is 103 Å². The number of carbonyl (C=O) groups is 2. The highest BCUT2D eigenvalue weighted by Gasteiger charge is 2.56. The molecule has 0 N–H and O–H groups in total. The zero-order chi connectivity index (χ0) is 34.6. The number of nitrogens with zero attached hydrogens (tertiary/aromatic N) is 4. The standard InChI is InChI=1S/C41H82N4O2/c1-7-13-19-21-23-25-31-41(32-26-24-22-20-14-8-2)39(46)44(37-42(33-27-15-9-3)34-28-16-10-4)40(47)45(41)38-43(35-29-17-11-5)36-30-18-12-6/h7-38H2,1-6H3. The lowest BCUT2D eigenvalue weighted by Crippen LogP contribution is -2.54. The van der Waals surface area contributed by atoms with Crippen LogP contribution in [-0.4, -0.2) is 76.6 Å². The van der Waals surface area contributed by atoms with E-state index in [4.69, 9.17) is 0 Å². The first-order chi connectivity index (χ1) is 22.9. The Morgan fingerprint density at radius 1 is 0.426 bits per heavy atom. The van der Waals surface area contributed by atoms with Gasteiger partial charge in [0.15, 0.2) is 0 Å². The van der Waals surface area contributed by atoms with Crippen LogP contribution in [0.3, 0.4) is 0 Å². The van der Waals surface area contributed by atoms with E-state index in [1.807, 2.05) is 0 Å². The number of rotatable bonds is 34. The number of carbonyl (C=O) groups excluding carboxylic acids is 2. The van der Waals surface area contributed by atoms with Crippen LogP contribution in [0.25, 0.3) is 0 Å². The molecular formula is C41H82N4O2. The molecule has 1 saturated heterocycles. The number of amides is 3. The first-order valence-electron chi connectivity index (χ1n) is 21.0. The molecule has 0 aliphatic carbocycles. The van der Waals surface area contributed by atoms with Gasteiger partial charge in [0, 0.05) is 0 Å². The lowest BCUT2D eigenvalue weighted by molar-refractivity contribution is -0.136. The van der Waals surface area contributed by atoms with Crippen LogP contribution in [0.4, 0.5) is 4.79 Å². The fraction of sp³-hybridized carbons (Fsp3) is 0.951. The van der Waals surface area contributed by atoms with Crippen molar-refractivity contribution in [2.24, 2.45) is 0 Å². The summed E-state index contributed by atoms with van der Waals surface area (Å²) in [6.45, 7) is 18.6. The Morgan fingerprint density at radius 2 is 0.745 bits per heavy atom. The normalized spacial score (nSPS) is 14.9. The minimum absolute atomic E-state index is 0.0149. The average Bonchev–Trinajstić information content (AvgIpc) is 3.25. The van der Waals surface area contributed by atoms with Crippen LogP contribution >= 0.6 is 0 Å². The summed E-state index contributed by atoms with van der Waals surface area (Å²) in [4.78, 5) is 38.3. The van der Waals surface area contributed by atoms with Crippen molar-refractivity contribution in [3.63, 3.8) is 0 Å². The van der Waals surface area contributed by atoms with Crippen molar-refractivity contribution < 1.29 is 9.59 Å². The molecule has 1 fully saturated rings. The molecule has 0 aromatic heterocycles. The second-order valence-corrected chi connectivity index (χ2v) is 14.9. The molecule has 0 saturated carbocycles. The predicted molar refractivity (Wildman–Crippen MR) is 204 cm³/mol. The van der Waals surface area contributed by atoms with Crippen LogP contribution in [0.5, 0.6) is 0 Å². The second kappa shape index (κ2) is 28.7. The van der Waals surface area contributed by atoms with Crippen LogP contribution in [0.15, 0.2) is 0 Å². The van der Waals surface area contributed by atoms with Crippen LogP contribution in [-0.2, 0) is 4.79 Å². The zero-order valence-corrected chi connectivity index (χ0v) is 32.7. The number of unbranched alkanes of at least 4 members (excludes halogenated alkanes) is 18. The van der Waals surface area contributed by atoms with Crippen molar-refractivity contribution in [2.45, 2.75) is 214 Å². The molecule has 0 unspecified atom stereocenters. The van der Waals surface area contributed by atoms with Gasteiger partial charge in [-0.25, -0.2) is 9.69 Å². The maximum Gasteiger partial charge on any atom is 0.329 e. The van der Waals surface area contributed by atoms with Crippen molar-refractivity contribution >= 4 is 11.9 Å². The van der Waals surface area contributed by atoms with Gasteiger partial charge in [-0.3, -0.25) is 19.5 Å². The lowest BCUT2D eigenvalue weighted by atomic mass is 9.84. The third-order valence-electron chi connectivity index (χ3n) is 10.5. The Bertz CT molecular complexity index is 724. The van der Waals surface area contributed by atoms with Crippen molar-refractivity contribution in [1.29, 1.82) is 0 Å². The summed E-state index contributed by atoms with van der Waals surface area (Å²) in [5.74, 6) is 0.114. The number of imide groups is 1. The minimum atomic E-state index is -0.696. The third-order valence-corrected chi connectivity index (χ3v) is 10.5. The van der Waals surface area contributed by atoms with Gasteiger partial charge in [-0.1, -0.05) is 170 Å². The van der Waals surface area contributed by atoms with E-state index in [1.54, 1.807) is 4.90 Å². The summed E-state index contributed by atoms with van der Waals surface area (Å²) in [7, 11) is 0. The first-order valence-corrected chi connectivity index (χ1v) is 21.0. The van der Waals surface area contributed by atoms with Crippen LogP contribution in [0.2, 0.25) is 0 Å². The molecule has 6 heteroatoms. The van der Waals surface area contributed by atoms with Gasteiger partial charge in [-0.15, -0.1) is 0 Å². The number of urea groups is 1. The monoisotopic (exact) mass is 663 g/mol. The molecular weight excluding hydrogens is 580 g/mol. The van der Waals surface area contributed by atoms with E-state index in [9.17, 15) is 9.59 Å². The van der Waals surface area contributed by atoms with E-state index in [0.717, 1.165) is 90.4 Å². The molecule has 278 valence electrons. The molecule has 0 atom stereocenters. The van der Waals surface area contributed by atoms with Gasteiger partial charge in [0.2, 0.25) is 0 Å². The van der Waals surface area contributed by atoms with Gasteiger partial charge in [0.25, 0.3) is 5.91 Å². The van der Waals surface area contributed by atoms with Crippen LogP contribution in [0.1, 0.15) is 208 Å². The van der Waals surface area contributed by atoms with Crippen molar-refractivity contribution in [3.05, 3.63) is 0 Å². The smallest absolute Gasteiger partial charge is 0.297 e. The largest absolute Gasteiger partial charge is 0.329 e. The molecule has 1 rings (SSSR count). The van der Waals surface area contributed by atoms with Gasteiger partial charge in [-0.05, 0) is 64.7 Å². The maximum absolute atomic E-state index is 14.9. The number of hydrogen-bond acceptors (Lipinski definition) is 4. The predicted octanol–water partition coefficient (Wildman–Crippen LogP) is 11.8. The molecule has 6 nitrogen and oxygen atoms in total. The summed E-state index contributed by atoms with van der Waals surface area (Å²) in [5.41, 5.74) is -0.696. The van der Waals surface area contributed by atoms with Crippen molar-refractivity contribution in [2.75, 3.05) is 39.5 Å². The van der Waals surface area contributed by atoms with Crippen LogP contribution in [0, 0.1) is 0 Å². The molecule has 0 aromatic carbocycles. The maximum atomic E-state index is 14.9. The van der Waals surface area contributed by atoms with Crippen molar-refractivity contribution in [3.8, 4) is 0 Å². The van der Waals surface area contributed by atoms with Gasteiger partial charge >= 0.3 is 6.03 Å². The quantitative estimate of drug-likeness (QED) is 0.0508. The fourth-order valence-corrected chi connectivity index (χ4v) is 7.36. The van der Waals surface area contributed by atoms with Gasteiger partial charge in [0.1, 0.15) is 5.54 Å². The molecule has 0 spiro atoms. The Kier molecular flexibility index (Phi) is 26.8. The highest BCUT2D eigenvalue weighted by molar-refractivity contribution is 6.07. The topological polar surface area (TPSA) is 47.1 Å². The summed E-state index contributed by atoms with van der Waals surface area (Å²) >= 11 is 0. The molecule has 1 aliphatic heterocycles. The molecule has 1 aliphatic rings. The average molecular weight is 663 g/mol. The summed E-state index contributed by atoms with van der Waals surface area (Å²) < 4.78 is 0. The Hall–Kier alpha value is -1.14. The second-order valence-electron chi connectivity index (χ2n) is 14.9.